The molecule has 7 nitrogen and oxygen atoms in total. The molecule has 0 bridgehead atoms. The van der Waals surface area contributed by atoms with E-state index in [1.165, 1.54) is 0 Å². The fraction of sp³-hybridized carbons (Fsp3) is 0.348. The van der Waals surface area contributed by atoms with Gasteiger partial charge in [-0.25, -0.2) is 0 Å². The molecular weight excluding hydrogens is 384 g/mol. The minimum atomic E-state index is -0.502. The van der Waals surface area contributed by atoms with Gasteiger partial charge in [-0.1, -0.05) is 30.3 Å². The molecule has 2 amide bonds. The zero-order valence-corrected chi connectivity index (χ0v) is 17.4. The first-order chi connectivity index (χ1) is 14.5. The Morgan fingerprint density at radius 3 is 2.23 bits per heavy atom. The zero-order valence-electron chi connectivity index (χ0n) is 17.4. The molecule has 1 atom stereocenters. The van der Waals surface area contributed by atoms with Crippen LogP contribution in [0.15, 0.2) is 54.6 Å². The van der Waals surface area contributed by atoms with Gasteiger partial charge in [0, 0.05) is 12.1 Å². The fourth-order valence-corrected chi connectivity index (χ4v) is 2.83. The fourth-order valence-electron chi connectivity index (χ4n) is 2.83. The van der Waals surface area contributed by atoms with Crippen molar-refractivity contribution in [2.75, 3.05) is 26.3 Å². The van der Waals surface area contributed by atoms with Gasteiger partial charge in [0.1, 0.15) is 5.75 Å². The molecule has 7 heteroatoms. The first kappa shape index (κ1) is 22.9. The number of hydrogen-bond acceptors (Lipinski definition) is 5. The van der Waals surface area contributed by atoms with Crippen LogP contribution in [0.2, 0.25) is 0 Å². The van der Waals surface area contributed by atoms with Gasteiger partial charge in [0.15, 0.2) is 0 Å². The molecule has 0 aliphatic carbocycles. The summed E-state index contributed by atoms with van der Waals surface area (Å²) < 4.78 is 10.5. The van der Waals surface area contributed by atoms with Crippen LogP contribution in [-0.2, 0) is 20.7 Å². The zero-order chi connectivity index (χ0) is 21.8. The van der Waals surface area contributed by atoms with E-state index in [0.29, 0.717) is 24.3 Å². The number of ether oxygens (including phenoxy) is 2. The Morgan fingerprint density at radius 1 is 0.900 bits per heavy atom. The third-order valence-electron chi connectivity index (χ3n) is 4.33. The maximum atomic E-state index is 12.2. The maximum Gasteiger partial charge on any atom is 0.311 e. The number of esters is 1. The number of carbonyl (C=O) groups is 3. The molecule has 0 aromatic heterocycles. The highest BCUT2D eigenvalue weighted by Crippen LogP contribution is 2.12. The normalized spacial score (nSPS) is 11.3. The number of nitrogens with one attached hydrogen (secondary N) is 2. The molecule has 2 aromatic rings. The monoisotopic (exact) mass is 412 g/mol. The number of rotatable bonds is 11. The van der Waals surface area contributed by atoms with Crippen molar-refractivity contribution in [3.63, 3.8) is 0 Å². The summed E-state index contributed by atoms with van der Waals surface area (Å²) in [6.45, 7) is 4.38. The van der Waals surface area contributed by atoms with Gasteiger partial charge in [-0.05, 0) is 50.1 Å². The molecule has 0 spiro atoms. The Bertz CT molecular complexity index is 821. The summed E-state index contributed by atoms with van der Waals surface area (Å²) in [6, 6.07) is 16.2. The lowest BCUT2D eigenvalue weighted by atomic mass is 9.99. The number of carbonyl (C=O) groups excluding carboxylic acids is 3. The first-order valence-corrected chi connectivity index (χ1v) is 10.0. The third-order valence-corrected chi connectivity index (χ3v) is 4.33. The maximum absolute atomic E-state index is 12.2. The highest BCUT2D eigenvalue weighted by atomic mass is 16.5. The lowest BCUT2D eigenvalue weighted by Gasteiger charge is -2.16. The summed E-state index contributed by atoms with van der Waals surface area (Å²) >= 11 is 0. The summed E-state index contributed by atoms with van der Waals surface area (Å²) in [5, 5.41) is 5.27. The molecule has 0 heterocycles. The number of amides is 2. The van der Waals surface area contributed by atoms with Crippen molar-refractivity contribution in [1.82, 2.24) is 10.6 Å². The van der Waals surface area contributed by atoms with E-state index >= 15 is 0 Å². The van der Waals surface area contributed by atoms with Gasteiger partial charge in [0.05, 0.1) is 25.7 Å². The lowest BCUT2D eigenvalue weighted by molar-refractivity contribution is -0.147. The second kappa shape index (κ2) is 12.3. The van der Waals surface area contributed by atoms with E-state index in [2.05, 4.69) is 10.6 Å². The average molecular weight is 412 g/mol. The molecular formula is C23H28N2O5. The molecule has 2 aromatic carbocycles. The van der Waals surface area contributed by atoms with Gasteiger partial charge < -0.3 is 20.1 Å². The molecule has 2 N–H and O–H groups in total. The van der Waals surface area contributed by atoms with Crippen LogP contribution < -0.4 is 15.4 Å². The second-order valence-corrected chi connectivity index (χ2v) is 6.58. The summed E-state index contributed by atoms with van der Waals surface area (Å²) in [6.07, 6.45) is 0.457. The molecule has 0 aliphatic heterocycles. The summed E-state index contributed by atoms with van der Waals surface area (Å²) in [7, 11) is 0. The van der Waals surface area contributed by atoms with Crippen molar-refractivity contribution < 1.29 is 23.9 Å². The highest BCUT2D eigenvalue weighted by molar-refractivity contribution is 5.96. The smallest absolute Gasteiger partial charge is 0.311 e. The Kier molecular flexibility index (Phi) is 9.37. The van der Waals surface area contributed by atoms with Crippen molar-refractivity contribution in [2.24, 2.45) is 5.92 Å². The van der Waals surface area contributed by atoms with Crippen molar-refractivity contribution in [1.29, 1.82) is 0 Å². The molecule has 0 fully saturated rings. The largest absolute Gasteiger partial charge is 0.494 e. The van der Waals surface area contributed by atoms with E-state index in [1.54, 1.807) is 31.2 Å². The molecule has 0 saturated heterocycles. The Balaban J connectivity index is 1.83. The lowest BCUT2D eigenvalue weighted by Crippen LogP contribution is -2.41. The van der Waals surface area contributed by atoms with Crippen LogP contribution in [0.5, 0.6) is 5.75 Å². The topological polar surface area (TPSA) is 93.7 Å². The molecule has 0 aliphatic rings. The standard InChI is InChI=1S/C23H28N2O5/c1-3-29-20-12-10-18(11-13-20)22(27)25-16-21(26)24-15-19(23(28)30-4-2)14-17-8-6-5-7-9-17/h5-13,19H,3-4,14-16H2,1-2H3,(H,24,26)(H,25,27). The van der Waals surface area contributed by atoms with Crippen LogP contribution in [0.3, 0.4) is 0 Å². The van der Waals surface area contributed by atoms with E-state index < -0.39 is 5.92 Å². The number of hydrogen-bond donors (Lipinski definition) is 2. The predicted molar refractivity (Wildman–Crippen MR) is 113 cm³/mol. The SMILES string of the molecule is CCOC(=O)C(CNC(=O)CNC(=O)c1ccc(OCC)cc1)Cc1ccccc1. The van der Waals surface area contributed by atoms with Gasteiger partial charge in [0.25, 0.3) is 5.91 Å². The van der Waals surface area contributed by atoms with E-state index in [4.69, 9.17) is 9.47 Å². The molecule has 2 rings (SSSR count). The second-order valence-electron chi connectivity index (χ2n) is 6.58. The number of benzene rings is 2. The summed E-state index contributed by atoms with van der Waals surface area (Å²) in [5.41, 5.74) is 1.41. The van der Waals surface area contributed by atoms with Crippen LogP contribution in [0.1, 0.15) is 29.8 Å². The van der Waals surface area contributed by atoms with Gasteiger partial charge in [0.2, 0.25) is 5.91 Å². The van der Waals surface area contributed by atoms with Gasteiger partial charge in [-0.15, -0.1) is 0 Å². The van der Waals surface area contributed by atoms with Crippen LogP contribution >= 0.6 is 0 Å². The van der Waals surface area contributed by atoms with Gasteiger partial charge in [-0.3, -0.25) is 14.4 Å². The third kappa shape index (κ3) is 7.58. The quantitative estimate of drug-likeness (QED) is 0.553. The van der Waals surface area contributed by atoms with Crippen LogP contribution in [0, 0.1) is 5.92 Å². The Labute approximate surface area is 176 Å². The molecule has 0 saturated carbocycles. The van der Waals surface area contributed by atoms with E-state index in [1.807, 2.05) is 37.3 Å². The van der Waals surface area contributed by atoms with E-state index in [9.17, 15) is 14.4 Å². The Morgan fingerprint density at radius 2 is 1.60 bits per heavy atom. The van der Waals surface area contributed by atoms with Crippen molar-refractivity contribution in [2.45, 2.75) is 20.3 Å². The molecule has 160 valence electrons. The average Bonchev–Trinajstić information content (AvgIpc) is 2.76. The van der Waals surface area contributed by atoms with Crippen LogP contribution in [0.4, 0.5) is 0 Å². The van der Waals surface area contributed by atoms with Crippen molar-refractivity contribution in [3.05, 3.63) is 65.7 Å². The van der Waals surface area contributed by atoms with Gasteiger partial charge in [-0.2, -0.15) is 0 Å². The summed E-state index contributed by atoms with van der Waals surface area (Å²) in [5.74, 6) is -0.926. The van der Waals surface area contributed by atoms with E-state index in [0.717, 1.165) is 5.56 Å². The first-order valence-electron chi connectivity index (χ1n) is 10.0. The Hall–Kier alpha value is -3.35. The summed E-state index contributed by atoms with van der Waals surface area (Å²) in [4.78, 5) is 36.6. The minimum absolute atomic E-state index is 0.130. The highest BCUT2D eigenvalue weighted by Gasteiger charge is 2.21. The molecule has 30 heavy (non-hydrogen) atoms. The van der Waals surface area contributed by atoms with Crippen LogP contribution in [0.25, 0.3) is 0 Å². The van der Waals surface area contributed by atoms with Crippen molar-refractivity contribution in [3.8, 4) is 5.75 Å². The van der Waals surface area contributed by atoms with Gasteiger partial charge >= 0.3 is 5.97 Å². The van der Waals surface area contributed by atoms with E-state index in [-0.39, 0.29) is 37.5 Å². The minimum Gasteiger partial charge on any atom is -0.494 e. The van der Waals surface area contributed by atoms with Crippen LogP contribution in [-0.4, -0.2) is 44.1 Å². The van der Waals surface area contributed by atoms with Crippen molar-refractivity contribution >= 4 is 17.8 Å². The molecule has 1 unspecified atom stereocenters. The molecule has 0 radical (unpaired) electrons. The predicted octanol–water partition coefficient (Wildman–Crippen LogP) is 2.35.